The molecular formula is C22H38O6. The highest BCUT2D eigenvalue weighted by molar-refractivity contribution is 5.75. The lowest BCUT2D eigenvalue weighted by Crippen LogP contribution is -2.50. The summed E-state index contributed by atoms with van der Waals surface area (Å²) in [5.74, 6) is -1.58. The van der Waals surface area contributed by atoms with Gasteiger partial charge in [-0.15, -0.1) is 6.58 Å². The molecule has 0 aromatic carbocycles. The first kappa shape index (κ1) is 23.3. The lowest BCUT2D eigenvalue weighted by molar-refractivity contribution is -0.326. The molecule has 0 radical (unpaired) electrons. The highest BCUT2D eigenvalue weighted by atomic mass is 16.7. The molecule has 6 nitrogen and oxygen atoms in total. The maximum absolute atomic E-state index is 12.1. The predicted molar refractivity (Wildman–Crippen MR) is 107 cm³/mol. The van der Waals surface area contributed by atoms with E-state index in [0.717, 1.165) is 19.3 Å². The van der Waals surface area contributed by atoms with Gasteiger partial charge in [0.05, 0.1) is 29.8 Å². The standard InChI is InChI=1S/C22H38O6/c1-9-10-15-11-16(26-21(5,6)25-15)12-17-13-18(28-22(7,8)27-17)14-24-19(23)20(2,3)4/h9,15-18H,1,10-14H2,2-8H3/t15-,16-,17+,18-/m0/s1. The average Bonchev–Trinajstić information content (AvgIpc) is 2.48. The number of hydrogen-bond acceptors (Lipinski definition) is 6. The van der Waals surface area contributed by atoms with Crippen LogP contribution < -0.4 is 0 Å². The van der Waals surface area contributed by atoms with E-state index in [4.69, 9.17) is 23.7 Å². The summed E-state index contributed by atoms with van der Waals surface area (Å²) in [7, 11) is 0. The number of carbonyl (C=O) groups is 1. The van der Waals surface area contributed by atoms with Gasteiger partial charge < -0.3 is 23.7 Å². The van der Waals surface area contributed by atoms with Gasteiger partial charge in [-0.2, -0.15) is 0 Å². The second kappa shape index (κ2) is 8.82. The summed E-state index contributed by atoms with van der Waals surface area (Å²) < 4.78 is 29.7. The first-order chi connectivity index (χ1) is 12.8. The Hall–Kier alpha value is -0.950. The van der Waals surface area contributed by atoms with Gasteiger partial charge in [-0.05, 0) is 54.9 Å². The maximum atomic E-state index is 12.1. The molecule has 0 amide bonds. The molecule has 2 aliphatic heterocycles. The minimum absolute atomic E-state index is 0.0328. The Labute approximate surface area is 169 Å². The van der Waals surface area contributed by atoms with Crippen LogP contribution in [-0.4, -0.2) is 48.6 Å². The molecular weight excluding hydrogens is 360 g/mol. The van der Waals surface area contributed by atoms with Crippen molar-refractivity contribution in [2.24, 2.45) is 5.41 Å². The zero-order valence-corrected chi connectivity index (χ0v) is 18.6. The molecule has 0 aliphatic carbocycles. The lowest BCUT2D eigenvalue weighted by atomic mass is 9.96. The molecule has 2 rings (SSSR count). The van der Waals surface area contributed by atoms with Crippen LogP contribution in [0.5, 0.6) is 0 Å². The summed E-state index contributed by atoms with van der Waals surface area (Å²) in [5, 5.41) is 0. The third-order valence-corrected chi connectivity index (χ3v) is 4.82. The van der Waals surface area contributed by atoms with Crippen LogP contribution in [0.1, 0.15) is 74.1 Å². The molecule has 0 N–H and O–H groups in total. The Balaban J connectivity index is 1.96. The van der Waals surface area contributed by atoms with E-state index in [-0.39, 0.29) is 37.0 Å². The van der Waals surface area contributed by atoms with Gasteiger partial charge >= 0.3 is 5.97 Å². The van der Waals surface area contributed by atoms with E-state index < -0.39 is 17.0 Å². The molecule has 0 saturated carbocycles. The van der Waals surface area contributed by atoms with E-state index in [1.54, 1.807) is 0 Å². The summed E-state index contributed by atoms with van der Waals surface area (Å²) >= 11 is 0. The molecule has 162 valence electrons. The lowest BCUT2D eigenvalue weighted by Gasteiger charge is -2.45. The molecule has 0 unspecified atom stereocenters. The van der Waals surface area contributed by atoms with Crippen molar-refractivity contribution in [3.63, 3.8) is 0 Å². The van der Waals surface area contributed by atoms with Crippen molar-refractivity contribution in [3.05, 3.63) is 12.7 Å². The fraction of sp³-hybridized carbons (Fsp3) is 0.864. The van der Waals surface area contributed by atoms with E-state index in [0.29, 0.717) is 6.42 Å². The van der Waals surface area contributed by atoms with Crippen LogP contribution in [0.25, 0.3) is 0 Å². The Kier molecular flexibility index (Phi) is 7.35. The van der Waals surface area contributed by atoms with Crippen molar-refractivity contribution in [3.8, 4) is 0 Å². The fourth-order valence-corrected chi connectivity index (χ4v) is 3.84. The largest absolute Gasteiger partial charge is 0.463 e. The van der Waals surface area contributed by atoms with E-state index in [2.05, 4.69) is 6.58 Å². The number of rotatable bonds is 6. The van der Waals surface area contributed by atoms with Crippen LogP contribution in [0.2, 0.25) is 0 Å². The van der Waals surface area contributed by atoms with Gasteiger partial charge in [-0.25, -0.2) is 0 Å². The average molecular weight is 399 g/mol. The maximum Gasteiger partial charge on any atom is 0.311 e. The minimum Gasteiger partial charge on any atom is -0.463 e. The molecule has 4 atom stereocenters. The van der Waals surface area contributed by atoms with E-state index in [1.807, 2.05) is 54.5 Å². The molecule has 0 bridgehead atoms. The summed E-state index contributed by atoms with van der Waals surface area (Å²) in [5.41, 5.74) is -0.526. The Morgan fingerprint density at radius 3 is 1.93 bits per heavy atom. The zero-order valence-electron chi connectivity index (χ0n) is 18.6. The molecule has 2 aliphatic rings. The molecule has 6 heteroatoms. The molecule has 2 fully saturated rings. The zero-order chi connectivity index (χ0) is 21.2. The second-order valence-electron chi connectivity index (χ2n) is 9.84. The van der Waals surface area contributed by atoms with Crippen LogP contribution in [0.15, 0.2) is 12.7 Å². The van der Waals surface area contributed by atoms with E-state index >= 15 is 0 Å². The predicted octanol–water partition coefficient (Wildman–Crippen LogP) is 4.36. The SMILES string of the molecule is C=CC[C@H]1C[C@@H](C[C@@H]2C[C@@H](COC(=O)C(C)(C)C)OC(C)(C)O2)OC(C)(C)O1. The van der Waals surface area contributed by atoms with Crippen molar-refractivity contribution in [2.45, 2.75) is 110 Å². The fourth-order valence-electron chi connectivity index (χ4n) is 3.84. The highest BCUT2D eigenvalue weighted by Gasteiger charge is 2.41. The third kappa shape index (κ3) is 7.14. The third-order valence-electron chi connectivity index (χ3n) is 4.82. The summed E-state index contributed by atoms with van der Waals surface area (Å²) in [6.07, 6.45) is 4.80. The highest BCUT2D eigenvalue weighted by Crippen LogP contribution is 2.35. The van der Waals surface area contributed by atoms with Crippen LogP contribution in [-0.2, 0) is 28.5 Å². The Morgan fingerprint density at radius 2 is 1.43 bits per heavy atom. The van der Waals surface area contributed by atoms with Crippen molar-refractivity contribution in [2.75, 3.05) is 6.61 Å². The molecule has 2 heterocycles. The van der Waals surface area contributed by atoms with Crippen LogP contribution in [0.4, 0.5) is 0 Å². The summed E-state index contributed by atoms with van der Waals surface area (Å²) in [6, 6.07) is 0. The molecule has 0 aromatic rings. The van der Waals surface area contributed by atoms with Gasteiger partial charge in [0.1, 0.15) is 6.61 Å². The molecule has 28 heavy (non-hydrogen) atoms. The number of ether oxygens (including phenoxy) is 5. The summed E-state index contributed by atoms with van der Waals surface area (Å²) in [6.45, 7) is 17.3. The van der Waals surface area contributed by atoms with Crippen molar-refractivity contribution in [1.29, 1.82) is 0 Å². The van der Waals surface area contributed by atoms with Crippen LogP contribution >= 0.6 is 0 Å². The van der Waals surface area contributed by atoms with Gasteiger partial charge in [0.15, 0.2) is 11.6 Å². The van der Waals surface area contributed by atoms with Crippen LogP contribution in [0, 0.1) is 5.41 Å². The quantitative estimate of drug-likeness (QED) is 0.489. The first-order valence-electron chi connectivity index (χ1n) is 10.3. The van der Waals surface area contributed by atoms with Crippen molar-refractivity contribution < 1.29 is 28.5 Å². The molecule has 0 aromatic heterocycles. The van der Waals surface area contributed by atoms with E-state index in [1.165, 1.54) is 0 Å². The first-order valence-corrected chi connectivity index (χ1v) is 10.3. The minimum atomic E-state index is -0.733. The Bertz CT molecular complexity index is 548. The van der Waals surface area contributed by atoms with Gasteiger partial charge in [-0.1, -0.05) is 6.08 Å². The van der Waals surface area contributed by atoms with E-state index in [9.17, 15) is 4.79 Å². The topological polar surface area (TPSA) is 63.2 Å². The van der Waals surface area contributed by atoms with Crippen molar-refractivity contribution in [1.82, 2.24) is 0 Å². The number of carbonyl (C=O) groups excluding carboxylic acids is 1. The molecule has 0 spiro atoms. The van der Waals surface area contributed by atoms with Crippen molar-refractivity contribution >= 4 is 5.97 Å². The van der Waals surface area contributed by atoms with Gasteiger partial charge in [0.25, 0.3) is 0 Å². The molecule has 2 saturated heterocycles. The monoisotopic (exact) mass is 398 g/mol. The number of hydrogen-bond donors (Lipinski definition) is 0. The summed E-state index contributed by atoms with van der Waals surface area (Å²) in [4.78, 5) is 12.1. The van der Waals surface area contributed by atoms with Gasteiger partial charge in [-0.3, -0.25) is 4.79 Å². The second-order valence-corrected chi connectivity index (χ2v) is 9.84. The van der Waals surface area contributed by atoms with Gasteiger partial charge in [0, 0.05) is 19.3 Å². The normalized spacial score (nSPS) is 32.5. The van der Waals surface area contributed by atoms with Crippen LogP contribution in [0.3, 0.4) is 0 Å². The Morgan fingerprint density at radius 1 is 0.964 bits per heavy atom. The number of esters is 1. The van der Waals surface area contributed by atoms with Gasteiger partial charge in [0.2, 0.25) is 0 Å². The smallest absolute Gasteiger partial charge is 0.311 e.